The molecular formula is C19H25NO5S4. The second-order valence-electron chi connectivity index (χ2n) is 5.94. The van der Waals surface area contributed by atoms with E-state index in [1.165, 1.54) is 0 Å². The van der Waals surface area contributed by atoms with Gasteiger partial charge in [0.05, 0.1) is 4.91 Å². The van der Waals surface area contributed by atoms with Crippen LogP contribution in [0.3, 0.4) is 0 Å². The maximum atomic E-state index is 12.1. The summed E-state index contributed by atoms with van der Waals surface area (Å²) in [6.45, 7) is 1.49. The number of benzene rings is 1. The Hall–Kier alpha value is -1.62. The Morgan fingerprint density at radius 3 is 2.07 bits per heavy atom. The SMILES string of the molecule is CC(/C=C1\SC(=S)N(CC(=O)O)C1=O)=C\c1ccccc1.CS(C)=O.CS(C)=O. The minimum atomic E-state index is -1.08. The van der Waals surface area contributed by atoms with Gasteiger partial charge in [-0.2, -0.15) is 0 Å². The van der Waals surface area contributed by atoms with E-state index in [0.717, 1.165) is 27.8 Å². The molecule has 6 nitrogen and oxygen atoms in total. The summed E-state index contributed by atoms with van der Waals surface area (Å²) in [5, 5.41) is 8.78. The molecule has 1 N–H and O–H groups in total. The first-order valence-electron chi connectivity index (χ1n) is 8.14. The smallest absolute Gasteiger partial charge is 0.323 e. The summed E-state index contributed by atoms with van der Waals surface area (Å²) < 4.78 is 19.4. The summed E-state index contributed by atoms with van der Waals surface area (Å²) in [6, 6.07) is 9.74. The molecular weight excluding hydrogens is 450 g/mol. The molecule has 160 valence electrons. The first-order chi connectivity index (χ1) is 13.4. The van der Waals surface area contributed by atoms with Gasteiger partial charge in [-0.1, -0.05) is 60.4 Å². The first kappa shape index (κ1) is 27.4. The van der Waals surface area contributed by atoms with Gasteiger partial charge in [-0.25, -0.2) is 0 Å². The Kier molecular flexibility index (Phi) is 13.6. The molecule has 1 amide bonds. The minimum Gasteiger partial charge on any atom is -0.480 e. The summed E-state index contributed by atoms with van der Waals surface area (Å²) in [6.07, 6.45) is 10.2. The van der Waals surface area contributed by atoms with Crippen LogP contribution in [0.5, 0.6) is 0 Å². The number of carboxylic acid groups (broad SMARTS) is 1. The van der Waals surface area contributed by atoms with Crippen molar-refractivity contribution in [1.29, 1.82) is 0 Å². The zero-order valence-corrected chi connectivity index (χ0v) is 20.2. The molecule has 1 fully saturated rings. The molecule has 0 atom stereocenters. The molecule has 1 aromatic carbocycles. The molecule has 0 spiro atoms. The van der Waals surface area contributed by atoms with Crippen molar-refractivity contribution < 1.29 is 23.1 Å². The normalized spacial score (nSPS) is 15.2. The lowest BCUT2D eigenvalue weighted by molar-refractivity contribution is -0.140. The van der Waals surface area contributed by atoms with Gasteiger partial charge in [-0.05, 0) is 24.1 Å². The third kappa shape index (κ3) is 13.3. The summed E-state index contributed by atoms with van der Waals surface area (Å²) >= 11 is 6.17. The molecule has 1 saturated heterocycles. The number of allylic oxidation sites excluding steroid dienone is 2. The summed E-state index contributed by atoms with van der Waals surface area (Å²) in [4.78, 5) is 24.4. The Morgan fingerprint density at radius 1 is 1.14 bits per heavy atom. The predicted octanol–water partition coefficient (Wildman–Crippen LogP) is 2.91. The molecule has 0 unspecified atom stereocenters. The number of amides is 1. The van der Waals surface area contributed by atoms with Crippen LogP contribution in [-0.4, -0.2) is 66.2 Å². The molecule has 10 heteroatoms. The van der Waals surface area contributed by atoms with E-state index in [2.05, 4.69) is 0 Å². The lowest BCUT2D eigenvalue weighted by Crippen LogP contribution is -2.33. The number of thiocarbonyl (C=S) groups is 1. The number of carboxylic acids is 1. The molecule has 2 rings (SSSR count). The topological polar surface area (TPSA) is 91.8 Å². The van der Waals surface area contributed by atoms with Crippen molar-refractivity contribution in [3.8, 4) is 0 Å². The molecule has 1 aliphatic heterocycles. The third-order valence-electron chi connectivity index (χ3n) is 2.72. The molecule has 0 saturated carbocycles. The lowest BCUT2D eigenvalue weighted by atomic mass is 10.1. The predicted molar refractivity (Wildman–Crippen MR) is 128 cm³/mol. The Morgan fingerprint density at radius 2 is 1.62 bits per heavy atom. The lowest BCUT2D eigenvalue weighted by Gasteiger charge is -2.10. The number of carbonyl (C=O) groups is 2. The van der Waals surface area contributed by atoms with Gasteiger partial charge in [0.1, 0.15) is 10.9 Å². The molecule has 1 heterocycles. The molecule has 1 aromatic rings. The number of nitrogens with zero attached hydrogens (tertiary/aromatic N) is 1. The van der Waals surface area contributed by atoms with E-state index < -0.39 is 34.1 Å². The van der Waals surface area contributed by atoms with Crippen molar-refractivity contribution in [3.05, 3.63) is 52.4 Å². The number of carbonyl (C=O) groups excluding carboxylic acids is 1. The quantitative estimate of drug-likeness (QED) is 0.529. The second-order valence-corrected chi connectivity index (χ2v) is 10.6. The number of rotatable bonds is 4. The van der Waals surface area contributed by atoms with E-state index in [9.17, 15) is 18.0 Å². The average molecular weight is 476 g/mol. The number of hydrogen-bond donors (Lipinski definition) is 1. The minimum absolute atomic E-state index is 0.279. The Bertz CT molecular complexity index is 814. The second kappa shape index (κ2) is 14.4. The number of aliphatic carboxylic acids is 1. The Balaban J connectivity index is 0.000000837. The Labute approximate surface area is 186 Å². The zero-order chi connectivity index (χ0) is 22.6. The van der Waals surface area contributed by atoms with E-state index in [4.69, 9.17) is 17.3 Å². The molecule has 0 radical (unpaired) electrons. The van der Waals surface area contributed by atoms with Gasteiger partial charge in [0.15, 0.2) is 0 Å². The maximum absolute atomic E-state index is 12.1. The van der Waals surface area contributed by atoms with Gasteiger partial charge < -0.3 is 5.11 Å². The average Bonchev–Trinajstić information content (AvgIpc) is 2.82. The van der Waals surface area contributed by atoms with E-state index in [1.54, 1.807) is 31.1 Å². The van der Waals surface area contributed by atoms with E-state index in [-0.39, 0.29) is 10.2 Å². The summed E-state index contributed by atoms with van der Waals surface area (Å²) in [5.41, 5.74) is 1.93. The van der Waals surface area contributed by atoms with Crippen molar-refractivity contribution in [1.82, 2.24) is 4.90 Å². The van der Waals surface area contributed by atoms with E-state index >= 15 is 0 Å². The van der Waals surface area contributed by atoms with Crippen LogP contribution < -0.4 is 0 Å². The van der Waals surface area contributed by atoms with Crippen LogP contribution in [0.25, 0.3) is 6.08 Å². The highest BCUT2D eigenvalue weighted by molar-refractivity contribution is 8.26. The highest BCUT2D eigenvalue weighted by Crippen LogP contribution is 2.31. The molecule has 29 heavy (non-hydrogen) atoms. The third-order valence-corrected chi connectivity index (χ3v) is 4.10. The van der Waals surface area contributed by atoms with Crippen LogP contribution in [0.1, 0.15) is 12.5 Å². The van der Waals surface area contributed by atoms with Crippen molar-refractivity contribution in [2.24, 2.45) is 0 Å². The van der Waals surface area contributed by atoms with Crippen LogP contribution in [0, 0.1) is 0 Å². The van der Waals surface area contributed by atoms with Gasteiger partial charge >= 0.3 is 5.97 Å². The monoisotopic (exact) mass is 475 g/mol. The fourth-order valence-electron chi connectivity index (χ4n) is 1.83. The van der Waals surface area contributed by atoms with Crippen LogP contribution >= 0.6 is 24.0 Å². The zero-order valence-electron chi connectivity index (χ0n) is 16.9. The van der Waals surface area contributed by atoms with E-state index in [0.29, 0.717) is 4.91 Å². The van der Waals surface area contributed by atoms with Gasteiger partial charge in [0.2, 0.25) is 0 Å². The highest BCUT2D eigenvalue weighted by atomic mass is 32.2. The van der Waals surface area contributed by atoms with Crippen LogP contribution in [0.2, 0.25) is 0 Å². The van der Waals surface area contributed by atoms with Gasteiger partial charge in [-0.3, -0.25) is 22.9 Å². The maximum Gasteiger partial charge on any atom is 0.323 e. The number of thioether (sulfide) groups is 1. The molecule has 1 aliphatic rings. The molecule has 0 aliphatic carbocycles. The standard InChI is InChI=1S/C15H13NO3S2.2C2H6OS/c1-10(7-11-5-3-2-4-6-11)8-12-14(19)16(9-13(17)18)15(20)21-12;2*1-4(2)3/h2-8H,9H2,1H3,(H,17,18);2*1-2H3/b10-7+,12-8-;;. The van der Waals surface area contributed by atoms with Gasteiger partial charge in [0, 0.05) is 46.6 Å². The van der Waals surface area contributed by atoms with Crippen molar-refractivity contribution in [2.75, 3.05) is 31.6 Å². The fourth-order valence-corrected chi connectivity index (χ4v) is 3.14. The van der Waals surface area contributed by atoms with Crippen molar-refractivity contribution in [2.45, 2.75) is 6.92 Å². The molecule has 0 bridgehead atoms. The van der Waals surface area contributed by atoms with Crippen LogP contribution in [0.4, 0.5) is 0 Å². The van der Waals surface area contributed by atoms with Crippen LogP contribution in [0.15, 0.2) is 46.9 Å². The van der Waals surface area contributed by atoms with Crippen LogP contribution in [-0.2, 0) is 31.2 Å². The van der Waals surface area contributed by atoms with Crippen molar-refractivity contribution in [3.63, 3.8) is 0 Å². The summed E-state index contributed by atoms with van der Waals surface area (Å²) in [7, 11) is -1.22. The molecule has 0 aromatic heterocycles. The largest absolute Gasteiger partial charge is 0.480 e. The first-order valence-corrected chi connectivity index (χ1v) is 13.3. The van der Waals surface area contributed by atoms with E-state index in [1.807, 2.05) is 43.3 Å². The fraction of sp³-hybridized carbons (Fsp3) is 0.316. The van der Waals surface area contributed by atoms with Gasteiger partial charge in [0.25, 0.3) is 5.91 Å². The van der Waals surface area contributed by atoms with Gasteiger partial charge in [-0.15, -0.1) is 0 Å². The summed E-state index contributed by atoms with van der Waals surface area (Å²) in [5.74, 6) is -1.43. The van der Waals surface area contributed by atoms with Crippen molar-refractivity contribution >= 4 is 67.9 Å². The highest BCUT2D eigenvalue weighted by Gasteiger charge is 2.33. The number of hydrogen-bond acceptors (Lipinski definition) is 6.